The molecule has 0 amide bonds. The molecule has 1 unspecified atom stereocenters. The van der Waals surface area contributed by atoms with Crippen LogP contribution >= 0.6 is 0 Å². The van der Waals surface area contributed by atoms with Gasteiger partial charge in [-0.15, -0.1) is 0 Å². The lowest BCUT2D eigenvalue weighted by Crippen LogP contribution is -2.29. The Morgan fingerprint density at radius 1 is 1.18 bits per heavy atom. The van der Waals surface area contributed by atoms with Crippen molar-refractivity contribution in [3.05, 3.63) is 0 Å². The maximum absolute atomic E-state index is 3.38. The van der Waals surface area contributed by atoms with Crippen LogP contribution in [0.5, 0.6) is 0 Å². The van der Waals surface area contributed by atoms with Crippen LogP contribution in [0.3, 0.4) is 0 Å². The molecule has 0 rings (SSSR count). The van der Waals surface area contributed by atoms with Gasteiger partial charge in [-0.25, -0.2) is 0 Å². The average Bonchev–Trinajstić information content (AvgIpc) is 1.99. The normalized spacial score (nSPS) is 13.4. The Morgan fingerprint density at radius 2 is 1.91 bits per heavy atom. The molecule has 1 atom stereocenters. The minimum Gasteiger partial charge on any atom is -0.317 e. The predicted molar refractivity (Wildman–Crippen MR) is 50.9 cm³/mol. The summed E-state index contributed by atoms with van der Waals surface area (Å²) in [4.78, 5) is 0. The zero-order chi connectivity index (χ0) is 8.53. The van der Waals surface area contributed by atoms with Crippen LogP contribution in [0.1, 0.15) is 33.6 Å². The Hall–Kier alpha value is -0.0800. The quantitative estimate of drug-likeness (QED) is 0.547. The zero-order valence-electron chi connectivity index (χ0n) is 8.11. The molecule has 0 radical (unpaired) electrons. The van der Waals surface area contributed by atoms with E-state index in [2.05, 4.69) is 31.4 Å². The van der Waals surface area contributed by atoms with E-state index < -0.39 is 0 Å². The minimum absolute atomic E-state index is 0.657. The lowest BCUT2D eigenvalue weighted by molar-refractivity contribution is 0.504. The van der Waals surface area contributed by atoms with Gasteiger partial charge in [-0.2, -0.15) is 0 Å². The molecule has 0 spiro atoms. The molecular formula is C9H22N2. The molecule has 0 saturated heterocycles. The van der Waals surface area contributed by atoms with E-state index in [0.29, 0.717) is 6.04 Å². The van der Waals surface area contributed by atoms with Gasteiger partial charge in [0, 0.05) is 6.04 Å². The summed E-state index contributed by atoms with van der Waals surface area (Å²) in [5.41, 5.74) is 0. The van der Waals surface area contributed by atoms with E-state index in [9.17, 15) is 0 Å². The number of hydrogen-bond acceptors (Lipinski definition) is 2. The molecule has 0 aliphatic rings. The number of nitrogens with one attached hydrogen (secondary N) is 2. The van der Waals surface area contributed by atoms with Gasteiger partial charge in [-0.3, -0.25) is 0 Å². The number of hydrogen-bond donors (Lipinski definition) is 2. The van der Waals surface area contributed by atoms with Crippen molar-refractivity contribution in [1.29, 1.82) is 0 Å². The third kappa shape index (κ3) is 7.82. The summed E-state index contributed by atoms with van der Waals surface area (Å²) in [6.45, 7) is 9.95. The van der Waals surface area contributed by atoms with Crippen LogP contribution in [0.25, 0.3) is 0 Å². The molecule has 2 heteroatoms. The second kappa shape index (κ2) is 8.02. The smallest absolute Gasteiger partial charge is 0.00506 e. The van der Waals surface area contributed by atoms with Crippen molar-refractivity contribution < 1.29 is 0 Å². The molecule has 0 aromatic carbocycles. The SMILES string of the molecule is CCCNCCC(C)NCC. The van der Waals surface area contributed by atoms with Crippen LogP contribution in [0.2, 0.25) is 0 Å². The first-order valence-corrected chi connectivity index (χ1v) is 4.75. The van der Waals surface area contributed by atoms with Crippen LogP contribution in [0.15, 0.2) is 0 Å². The fourth-order valence-corrected chi connectivity index (χ4v) is 1.07. The molecular weight excluding hydrogens is 136 g/mol. The Balaban J connectivity index is 2.97. The lowest BCUT2D eigenvalue weighted by Gasteiger charge is -2.11. The molecule has 68 valence electrons. The highest BCUT2D eigenvalue weighted by Gasteiger charge is 1.96. The lowest BCUT2D eigenvalue weighted by atomic mass is 10.2. The standard InChI is InChI=1S/C9H22N2/c1-4-7-10-8-6-9(3)11-5-2/h9-11H,4-8H2,1-3H3. The van der Waals surface area contributed by atoms with Crippen LogP contribution in [0.4, 0.5) is 0 Å². The first kappa shape index (κ1) is 10.9. The van der Waals surface area contributed by atoms with Crippen molar-refractivity contribution in [3.63, 3.8) is 0 Å². The molecule has 11 heavy (non-hydrogen) atoms. The summed E-state index contributed by atoms with van der Waals surface area (Å²) in [6, 6.07) is 0.657. The fraction of sp³-hybridized carbons (Fsp3) is 1.00. The fourth-order valence-electron chi connectivity index (χ4n) is 1.07. The Morgan fingerprint density at radius 3 is 2.45 bits per heavy atom. The molecule has 0 bridgehead atoms. The minimum atomic E-state index is 0.657. The molecule has 0 aromatic heterocycles. The van der Waals surface area contributed by atoms with E-state index in [-0.39, 0.29) is 0 Å². The first-order chi connectivity index (χ1) is 5.31. The molecule has 0 heterocycles. The van der Waals surface area contributed by atoms with Crippen LogP contribution in [-0.4, -0.2) is 25.7 Å². The summed E-state index contributed by atoms with van der Waals surface area (Å²) < 4.78 is 0. The monoisotopic (exact) mass is 158 g/mol. The Labute approximate surface area is 70.8 Å². The van der Waals surface area contributed by atoms with Gasteiger partial charge in [-0.1, -0.05) is 13.8 Å². The average molecular weight is 158 g/mol. The van der Waals surface area contributed by atoms with Crippen molar-refractivity contribution in [2.75, 3.05) is 19.6 Å². The summed E-state index contributed by atoms with van der Waals surface area (Å²) in [6.07, 6.45) is 2.46. The molecule has 0 fully saturated rings. The summed E-state index contributed by atoms with van der Waals surface area (Å²) in [5.74, 6) is 0. The third-order valence-corrected chi connectivity index (χ3v) is 1.73. The molecule has 2 N–H and O–H groups in total. The highest BCUT2D eigenvalue weighted by molar-refractivity contribution is 4.60. The molecule has 0 saturated carbocycles. The molecule has 2 nitrogen and oxygen atoms in total. The van der Waals surface area contributed by atoms with Crippen molar-refractivity contribution in [2.24, 2.45) is 0 Å². The van der Waals surface area contributed by atoms with Crippen LogP contribution in [0, 0.1) is 0 Å². The molecule has 0 aliphatic heterocycles. The van der Waals surface area contributed by atoms with E-state index in [1.165, 1.54) is 12.8 Å². The van der Waals surface area contributed by atoms with Gasteiger partial charge in [0.05, 0.1) is 0 Å². The van der Waals surface area contributed by atoms with Gasteiger partial charge in [0.1, 0.15) is 0 Å². The van der Waals surface area contributed by atoms with Gasteiger partial charge in [0.2, 0.25) is 0 Å². The van der Waals surface area contributed by atoms with Crippen molar-refractivity contribution in [1.82, 2.24) is 10.6 Å². The van der Waals surface area contributed by atoms with Crippen LogP contribution < -0.4 is 10.6 Å². The van der Waals surface area contributed by atoms with Gasteiger partial charge in [0.25, 0.3) is 0 Å². The maximum atomic E-state index is 3.38. The van der Waals surface area contributed by atoms with Gasteiger partial charge >= 0.3 is 0 Å². The van der Waals surface area contributed by atoms with Crippen molar-refractivity contribution >= 4 is 0 Å². The molecule has 0 aromatic rings. The van der Waals surface area contributed by atoms with Gasteiger partial charge < -0.3 is 10.6 Å². The van der Waals surface area contributed by atoms with E-state index >= 15 is 0 Å². The van der Waals surface area contributed by atoms with Crippen molar-refractivity contribution in [2.45, 2.75) is 39.7 Å². The van der Waals surface area contributed by atoms with E-state index in [1.54, 1.807) is 0 Å². The second-order valence-electron chi connectivity index (χ2n) is 3.00. The van der Waals surface area contributed by atoms with E-state index in [4.69, 9.17) is 0 Å². The highest BCUT2D eigenvalue weighted by Crippen LogP contribution is 1.87. The topological polar surface area (TPSA) is 24.1 Å². The predicted octanol–water partition coefficient (Wildman–Crippen LogP) is 1.37. The summed E-state index contributed by atoms with van der Waals surface area (Å²) in [5, 5.41) is 6.77. The van der Waals surface area contributed by atoms with Crippen LogP contribution in [-0.2, 0) is 0 Å². The summed E-state index contributed by atoms with van der Waals surface area (Å²) >= 11 is 0. The van der Waals surface area contributed by atoms with Crippen molar-refractivity contribution in [3.8, 4) is 0 Å². The number of rotatable bonds is 7. The zero-order valence-corrected chi connectivity index (χ0v) is 8.11. The first-order valence-electron chi connectivity index (χ1n) is 4.75. The second-order valence-corrected chi connectivity index (χ2v) is 3.00. The Bertz CT molecular complexity index is 74.0. The third-order valence-electron chi connectivity index (χ3n) is 1.73. The molecule has 0 aliphatic carbocycles. The van der Waals surface area contributed by atoms with E-state index in [1.807, 2.05) is 0 Å². The highest BCUT2D eigenvalue weighted by atomic mass is 14.9. The summed E-state index contributed by atoms with van der Waals surface area (Å²) in [7, 11) is 0. The largest absolute Gasteiger partial charge is 0.317 e. The van der Waals surface area contributed by atoms with Gasteiger partial charge in [0.15, 0.2) is 0 Å². The van der Waals surface area contributed by atoms with Gasteiger partial charge in [-0.05, 0) is 39.4 Å². The maximum Gasteiger partial charge on any atom is 0.00506 e. The Kier molecular flexibility index (Phi) is 7.96. The van der Waals surface area contributed by atoms with E-state index in [0.717, 1.165) is 19.6 Å².